The van der Waals surface area contributed by atoms with E-state index in [-0.39, 0.29) is 11.5 Å². The molecule has 25 heavy (non-hydrogen) atoms. The van der Waals surface area contributed by atoms with Crippen molar-refractivity contribution in [1.29, 1.82) is 0 Å². The first-order valence-electron chi connectivity index (χ1n) is 8.91. The van der Waals surface area contributed by atoms with E-state index in [0.29, 0.717) is 32.2 Å². The molecule has 3 rings (SSSR count). The summed E-state index contributed by atoms with van der Waals surface area (Å²) in [7, 11) is 0. The van der Waals surface area contributed by atoms with Crippen LogP contribution in [0, 0.1) is 11.7 Å². The minimum atomic E-state index is -0.461. The van der Waals surface area contributed by atoms with Crippen molar-refractivity contribution in [3.8, 4) is 11.1 Å². The van der Waals surface area contributed by atoms with E-state index in [2.05, 4.69) is 0 Å². The Kier molecular flexibility index (Phi) is 5.82. The Balaban J connectivity index is 1.79. The molecule has 1 fully saturated rings. The zero-order valence-corrected chi connectivity index (χ0v) is 14.6. The predicted molar refractivity (Wildman–Crippen MR) is 97.0 cm³/mol. The van der Waals surface area contributed by atoms with Crippen LogP contribution in [0.1, 0.15) is 30.1 Å². The van der Waals surface area contributed by atoms with Gasteiger partial charge in [-0.15, -0.1) is 0 Å². The molecule has 0 saturated carbocycles. The van der Waals surface area contributed by atoms with Gasteiger partial charge in [0.25, 0.3) is 5.91 Å². The molecule has 132 valence electrons. The molecule has 0 spiro atoms. The lowest BCUT2D eigenvalue weighted by molar-refractivity contribution is 0.0498. The number of hydrogen-bond donors (Lipinski definition) is 0. The molecule has 1 amide bonds. The van der Waals surface area contributed by atoms with Crippen LogP contribution in [0.3, 0.4) is 0 Å². The van der Waals surface area contributed by atoms with Gasteiger partial charge in [0.1, 0.15) is 5.82 Å². The van der Waals surface area contributed by atoms with Crippen LogP contribution in [-0.2, 0) is 4.74 Å². The summed E-state index contributed by atoms with van der Waals surface area (Å²) in [5, 5.41) is 0. The molecule has 0 aromatic heterocycles. The predicted octanol–water partition coefficient (Wildman–Crippen LogP) is 4.38. The van der Waals surface area contributed by atoms with Crippen molar-refractivity contribution >= 4 is 5.91 Å². The number of piperidine rings is 1. The second-order valence-corrected chi connectivity index (χ2v) is 6.48. The smallest absolute Gasteiger partial charge is 0.256 e. The highest BCUT2D eigenvalue weighted by molar-refractivity contribution is 5.95. The molecule has 0 aliphatic carbocycles. The van der Waals surface area contributed by atoms with Gasteiger partial charge in [0, 0.05) is 19.7 Å². The second kappa shape index (κ2) is 8.26. The molecule has 1 saturated heterocycles. The Hall–Kier alpha value is -2.20. The first-order chi connectivity index (χ1) is 12.2. The lowest BCUT2D eigenvalue weighted by Gasteiger charge is -2.32. The lowest BCUT2D eigenvalue weighted by Crippen LogP contribution is -2.41. The lowest BCUT2D eigenvalue weighted by atomic mass is 9.97. The van der Waals surface area contributed by atoms with Crippen molar-refractivity contribution in [2.45, 2.75) is 19.8 Å². The molecule has 1 heterocycles. The number of carbonyl (C=O) groups is 1. The van der Waals surface area contributed by atoms with E-state index < -0.39 is 5.82 Å². The Bertz CT molecular complexity index is 717. The minimum absolute atomic E-state index is 0.151. The summed E-state index contributed by atoms with van der Waals surface area (Å²) >= 11 is 0. The van der Waals surface area contributed by atoms with Crippen molar-refractivity contribution in [3.05, 3.63) is 59.9 Å². The molecule has 1 aliphatic rings. The highest BCUT2D eigenvalue weighted by Crippen LogP contribution is 2.25. The van der Waals surface area contributed by atoms with Gasteiger partial charge < -0.3 is 9.64 Å². The summed E-state index contributed by atoms with van der Waals surface area (Å²) in [6.07, 6.45) is 1.99. The van der Waals surface area contributed by atoms with E-state index in [1.165, 1.54) is 6.07 Å². The van der Waals surface area contributed by atoms with Crippen molar-refractivity contribution in [1.82, 2.24) is 4.90 Å². The fourth-order valence-electron chi connectivity index (χ4n) is 3.34. The van der Waals surface area contributed by atoms with Crippen LogP contribution >= 0.6 is 0 Å². The molecule has 4 heteroatoms. The fourth-order valence-corrected chi connectivity index (χ4v) is 3.34. The molecule has 0 bridgehead atoms. The number of ether oxygens (including phenoxy) is 1. The molecule has 2 aromatic rings. The first kappa shape index (κ1) is 17.6. The Labute approximate surface area is 148 Å². The first-order valence-corrected chi connectivity index (χ1v) is 8.91. The van der Waals surface area contributed by atoms with Gasteiger partial charge in [-0.25, -0.2) is 4.39 Å². The van der Waals surface area contributed by atoms with Crippen LogP contribution in [0.4, 0.5) is 4.39 Å². The summed E-state index contributed by atoms with van der Waals surface area (Å²) in [5.41, 5.74) is 1.98. The Morgan fingerprint density at radius 3 is 2.76 bits per heavy atom. The number of nitrogens with zero attached hydrogens (tertiary/aromatic N) is 1. The summed E-state index contributed by atoms with van der Waals surface area (Å²) in [6, 6.07) is 14.5. The SMILES string of the molecule is CCOCC1CCCN(C(=O)c2cc(-c3ccccc3)ccc2F)C1. The average Bonchev–Trinajstić information content (AvgIpc) is 2.67. The van der Waals surface area contributed by atoms with E-state index in [9.17, 15) is 9.18 Å². The highest BCUT2D eigenvalue weighted by atomic mass is 19.1. The average molecular weight is 341 g/mol. The zero-order valence-electron chi connectivity index (χ0n) is 14.6. The van der Waals surface area contributed by atoms with Gasteiger partial charge in [-0.3, -0.25) is 4.79 Å². The Morgan fingerprint density at radius 2 is 2.00 bits per heavy atom. The third kappa shape index (κ3) is 4.26. The van der Waals surface area contributed by atoms with Gasteiger partial charge in [-0.05, 0) is 48.9 Å². The maximum Gasteiger partial charge on any atom is 0.256 e. The Morgan fingerprint density at radius 1 is 1.20 bits per heavy atom. The molecule has 2 aromatic carbocycles. The number of rotatable bonds is 5. The van der Waals surface area contributed by atoms with Gasteiger partial charge in [-0.2, -0.15) is 0 Å². The van der Waals surface area contributed by atoms with E-state index >= 15 is 0 Å². The van der Waals surface area contributed by atoms with Crippen LogP contribution in [-0.4, -0.2) is 37.1 Å². The molecule has 1 unspecified atom stereocenters. The zero-order chi connectivity index (χ0) is 17.6. The molecular formula is C21H24FNO2. The summed E-state index contributed by atoms with van der Waals surface area (Å²) in [5.74, 6) is -0.355. The topological polar surface area (TPSA) is 29.5 Å². The van der Waals surface area contributed by atoms with Gasteiger partial charge in [-0.1, -0.05) is 36.4 Å². The standard InChI is InChI=1S/C21H24FNO2/c1-2-25-15-16-7-6-12-23(14-16)21(24)19-13-18(10-11-20(19)22)17-8-4-3-5-9-17/h3-5,8-11,13,16H,2,6-7,12,14-15H2,1H3. The second-order valence-electron chi connectivity index (χ2n) is 6.48. The number of benzene rings is 2. The molecule has 1 aliphatic heterocycles. The van der Waals surface area contributed by atoms with Gasteiger partial charge in [0.15, 0.2) is 0 Å². The highest BCUT2D eigenvalue weighted by Gasteiger charge is 2.26. The van der Waals surface area contributed by atoms with Crippen LogP contribution < -0.4 is 0 Å². The molecule has 0 radical (unpaired) electrons. The van der Waals surface area contributed by atoms with E-state index in [4.69, 9.17) is 4.74 Å². The number of halogens is 1. The normalized spacial score (nSPS) is 17.5. The van der Waals surface area contributed by atoms with E-state index in [1.54, 1.807) is 17.0 Å². The molecule has 0 N–H and O–H groups in total. The molecule has 1 atom stereocenters. The quantitative estimate of drug-likeness (QED) is 0.808. The van der Waals surface area contributed by atoms with E-state index in [1.807, 2.05) is 37.3 Å². The number of hydrogen-bond acceptors (Lipinski definition) is 2. The number of amides is 1. The minimum Gasteiger partial charge on any atom is -0.381 e. The van der Waals surface area contributed by atoms with Crippen LogP contribution in [0.2, 0.25) is 0 Å². The van der Waals surface area contributed by atoms with Gasteiger partial charge in [0.2, 0.25) is 0 Å². The maximum absolute atomic E-state index is 14.3. The fraction of sp³-hybridized carbons (Fsp3) is 0.381. The van der Waals surface area contributed by atoms with Crippen molar-refractivity contribution in [2.75, 3.05) is 26.3 Å². The number of likely N-dealkylation sites (tertiary alicyclic amines) is 1. The van der Waals surface area contributed by atoms with E-state index in [0.717, 1.165) is 24.0 Å². The third-order valence-corrected chi connectivity index (χ3v) is 4.67. The van der Waals surface area contributed by atoms with Gasteiger partial charge in [0.05, 0.1) is 12.2 Å². The van der Waals surface area contributed by atoms with Crippen molar-refractivity contribution in [3.63, 3.8) is 0 Å². The van der Waals surface area contributed by atoms with Crippen molar-refractivity contribution < 1.29 is 13.9 Å². The summed E-state index contributed by atoms with van der Waals surface area (Å²) < 4.78 is 19.8. The summed E-state index contributed by atoms with van der Waals surface area (Å²) in [6.45, 7) is 4.62. The summed E-state index contributed by atoms with van der Waals surface area (Å²) in [4.78, 5) is 14.6. The molecular weight excluding hydrogens is 317 g/mol. The largest absolute Gasteiger partial charge is 0.381 e. The van der Waals surface area contributed by atoms with Crippen molar-refractivity contribution in [2.24, 2.45) is 5.92 Å². The third-order valence-electron chi connectivity index (χ3n) is 4.67. The van der Waals surface area contributed by atoms with Crippen LogP contribution in [0.25, 0.3) is 11.1 Å². The monoisotopic (exact) mass is 341 g/mol. The van der Waals surface area contributed by atoms with Crippen LogP contribution in [0.5, 0.6) is 0 Å². The van der Waals surface area contributed by atoms with Gasteiger partial charge >= 0.3 is 0 Å². The maximum atomic E-state index is 14.3. The number of carbonyl (C=O) groups excluding carboxylic acids is 1. The molecule has 3 nitrogen and oxygen atoms in total. The van der Waals surface area contributed by atoms with Crippen LogP contribution in [0.15, 0.2) is 48.5 Å².